The van der Waals surface area contributed by atoms with Crippen molar-refractivity contribution in [3.63, 3.8) is 0 Å². The molecule has 0 fully saturated rings. The third kappa shape index (κ3) is 2.33. The van der Waals surface area contributed by atoms with E-state index in [1.165, 1.54) is 6.07 Å². The minimum absolute atomic E-state index is 0.222. The van der Waals surface area contributed by atoms with Gasteiger partial charge in [-0.15, -0.1) is 0 Å². The summed E-state index contributed by atoms with van der Waals surface area (Å²) < 4.78 is 21.7. The quantitative estimate of drug-likeness (QED) is 0.614. The molecule has 0 atom stereocenters. The van der Waals surface area contributed by atoms with Crippen LogP contribution >= 0.6 is 26.6 Å². The predicted octanol–water partition coefficient (Wildman–Crippen LogP) is 1.06. The Morgan fingerprint density at radius 2 is 2.00 bits per heavy atom. The van der Waals surface area contributed by atoms with Crippen molar-refractivity contribution in [1.29, 1.82) is 0 Å². The number of nitrogens with one attached hydrogen (secondary N) is 1. The lowest BCUT2D eigenvalue weighted by atomic mass is 10.5. The number of rotatable bonds is 1. The average molecular weight is 273 g/mol. The molecule has 0 radical (unpaired) electrons. The highest BCUT2D eigenvalue weighted by molar-refractivity contribution is 9.10. The number of hydrogen-bond donors (Lipinski definition) is 1. The lowest BCUT2D eigenvalue weighted by molar-refractivity contribution is 0.609. The fraction of sp³-hybridized carbons (Fsp3) is 0. The Labute approximate surface area is 81.1 Å². The van der Waals surface area contributed by atoms with E-state index < -0.39 is 14.6 Å². The van der Waals surface area contributed by atoms with Gasteiger partial charge in [-0.2, -0.15) is 0 Å². The third-order valence-electron chi connectivity index (χ3n) is 1.07. The van der Waals surface area contributed by atoms with E-state index in [1.807, 2.05) is 0 Å². The maximum Gasteiger partial charge on any atom is 0.261 e. The Balaban J connectivity index is 3.48. The smallest absolute Gasteiger partial charge is 0.261 e. The second-order valence-electron chi connectivity index (χ2n) is 1.97. The van der Waals surface area contributed by atoms with Gasteiger partial charge in [0.05, 0.1) is 9.50 Å². The monoisotopic (exact) mass is 271 g/mol. The first-order valence-corrected chi connectivity index (χ1v) is 5.84. The predicted molar refractivity (Wildman–Crippen MR) is 47.8 cm³/mol. The van der Waals surface area contributed by atoms with E-state index in [1.54, 1.807) is 0 Å². The van der Waals surface area contributed by atoms with E-state index >= 15 is 0 Å². The van der Waals surface area contributed by atoms with Gasteiger partial charge in [-0.05, 0) is 22.0 Å². The second-order valence-corrected chi connectivity index (χ2v) is 5.39. The van der Waals surface area contributed by atoms with Gasteiger partial charge in [0.1, 0.15) is 0 Å². The maximum absolute atomic E-state index is 10.7. The number of aromatic nitrogens is 1. The van der Waals surface area contributed by atoms with E-state index in [4.69, 9.17) is 10.7 Å². The van der Waals surface area contributed by atoms with Gasteiger partial charge < -0.3 is 4.98 Å². The topological polar surface area (TPSA) is 67.0 Å². The van der Waals surface area contributed by atoms with Crippen LogP contribution in [0.3, 0.4) is 0 Å². The molecule has 0 saturated carbocycles. The molecule has 0 aliphatic heterocycles. The summed E-state index contributed by atoms with van der Waals surface area (Å²) in [4.78, 5) is 12.8. The average Bonchev–Trinajstić information content (AvgIpc) is 1.82. The molecule has 1 rings (SSSR count). The molecule has 1 N–H and O–H groups in total. The van der Waals surface area contributed by atoms with Gasteiger partial charge in [-0.25, -0.2) is 8.42 Å². The van der Waals surface area contributed by atoms with Crippen molar-refractivity contribution in [2.45, 2.75) is 4.90 Å². The van der Waals surface area contributed by atoms with Crippen LogP contribution in [-0.4, -0.2) is 13.4 Å². The summed E-state index contributed by atoms with van der Waals surface area (Å²) in [5.41, 5.74) is -0.524. The van der Waals surface area contributed by atoms with Crippen molar-refractivity contribution in [3.05, 3.63) is 27.1 Å². The molecular formula is C5H3BrClNO3S. The molecule has 0 saturated heterocycles. The minimum Gasteiger partial charge on any atom is -0.317 e. The van der Waals surface area contributed by atoms with Crippen LogP contribution in [0, 0.1) is 0 Å². The molecule has 0 unspecified atom stereocenters. The highest BCUT2D eigenvalue weighted by atomic mass is 79.9. The van der Waals surface area contributed by atoms with Gasteiger partial charge in [-0.3, -0.25) is 4.79 Å². The van der Waals surface area contributed by atoms with Crippen LogP contribution in [0.5, 0.6) is 0 Å². The minimum atomic E-state index is -3.83. The van der Waals surface area contributed by atoms with E-state index in [2.05, 4.69) is 20.9 Å². The van der Waals surface area contributed by atoms with Crippen LogP contribution in [0.25, 0.3) is 0 Å². The highest BCUT2D eigenvalue weighted by Crippen LogP contribution is 2.15. The van der Waals surface area contributed by atoms with Crippen molar-refractivity contribution in [3.8, 4) is 0 Å². The fourth-order valence-electron chi connectivity index (χ4n) is 0.626. The number of hydrogen-bond acceptors (Lipinski definition) is 3. The summed E-state index contributed by atoms with van der Waals surface area (Å²) in [6.45, 7) is 0. The molecule has 0 aromatic carbocycles. The third-order valence-corrected chi connectivity index (χ3v) is 2.83. The van der Waals surface area contributed by atoms with Gasteiger partial charge in [-0.1, -0.05) is 0 Å². The number of halogens is 2. The SMILES string of the molecule is O=c1cc(S(=O)(=O)Cl)cc(Br)[nH]1. The van der Waals surface area contributed by atoms with Gasteiger partial charge in [0.25, 0.3) is 9.05 Å². The normalized spacial score (nSPS) is 11.5. The van der Waals surface area contributed by atoms with Crippen LogP contribution < -0.4 is 5.56 Å². The summed E-state index contributed by atoms with van der Waals surface area (Å²) in [6, 6.07) is 2.12. The summed E-state index contributed by atoms with van der Waals surface area (Å²) in [7, 11) is 1.18. The maximum atomic E-state index is 10.7. The number of H-pyrrole nitrogens is 1. The Hall–Kier alpha value is -0.330. The summed E-state index contributed by atoms with van der Waals surface area (Å²) >= 11 is 2.93. The van der Waals surface area contributed by atoms with Crippen molar-refractivity contribution < 1.29 is 8.42 Å². The molecule has 0 amide bonds. The Kier molecular flexibility index (Phi) is 2.60. The number of aromatic amines is 1. The summed E-state index contributed by atoms with van der Waals surface area (Å²) in [6.07, 6.45) is 0. The van der Waals surface area contributed by atoms with Crippen molar-refractivity contribution in [2.75, 3.05) is 0 Å². The molecule has 1 aromatic rings. The Morgan fingerprint density at radius 1 is 1.42 bits per heavy atom. The van der Waals surface area contributed by atoms with Crippen molar-refractivity contribution >= 4 is 35.7 Å². The van der Waals surface area contributed by atoms with Crippen molar-refractivity contribution in [2.24, 2.45) is 0 Å². The molecular weight excluding hydrogens is 269 g/mol. The van der Waals surface area contributed by atoms with E-state index in [9.17, 15) is 13.2 Å². The molecule has 7 heteroatoms. The lowest BCUT2D eigenvalue weighted by Crippen LogP contribution is -2.06. The molecule has 4 nitrogen and oxygen atoms in total. The molecule has 1 heterocycles. The molecule has 66 valence electrons. The van der Waals surface area contributed by atoms with E-state index in [0.717, 1.165) is 6.07 Å². The standard InChI is InChI=1S/C5H3BrClNO3S/c6-4-1-3(12(7,10)11)2-5(9)8-4/h1-2H,(H,8,9). The zero-order chi connectivity index (χ0) is 9.35. The van der Waals surface area contributed by atoms with E-state index in [0.29, 0.717) is 0 Å². The van der Waals surface area contributed by atoms with Crippen molar-refractivity contribution in [1.82, 2.24) is 4.98 Å². The Bertz CT molecular complexity index is 452. The molecule has 0 aliphatic carbocycles. The molecule has 12 heavy (non-hydrogen) atoms. The van der Waals surface area contributed by atoms with Gasteiger partial charge in [0.15, 0.2) is 0 Å². The van der Waals surface area contributed by atoms with Gasteiger partial charge in [0, 0.05) is 16.7 Å². The Morgan fingerprint density at radius 3 is 2.42 bits per heavy atom. The van der Waals surface area contributed by atoms with Crippen LogP contribution in [0.4, 0.5) is 0 Å². The van der Waals surface area contributed by atoms with Crippen LogP contribution in [0.15, 0.2) is 26.4 Å². The van der Waals surface area contributed by atoms with Gasteiger partial charge >= 0.3 is 0 Å². The second kappa shape index (κ2) is 3.20. The highest BCUT2D eigenvalue weighted by Gasteiger charge is 2.10. The molecule has 0 bridgehead atoms. The molecule has 0 spiro atoms. The summed E-state index contributed by atoms with van der Waals surface area (Å²) in [5, 5.41) is 0. The molecule has 0 aliphatic rings. The van der Waals surface area contributed by atoms with Crippen LogP contribution in [-0.2, 0) is 9.05 Å². The first-order chi connectivity index (χ1) is 5.39. The first kappa shape index (κ1) is 9.76. The lowest BCUT2D eigenvalue weighted by Gasteiger charge is -1.94. The zero-order valence-electron chi connectivity index (χ0n) is 5.54. The summed E-state index contributed by atoms with van der Waals surface area (Å²) in [5.74, 6) is 0. The van der Waals surface area contributed by atoms with Gasteiger partial charge in [0.2, 0.25) is 5.56 Å². The van der Waals surface area contributed by atoms with E-state index in [-0.39, 0.29) is 9.50 Å². The van der Waals surface area contributed by atoms with Crippen LogP contribution in [0.1, 0.15) is 0 Å². The zero-order valence-corrected chi connectivity index (χ0v) is 8.70. The number of pyridine rings is 1. The fourth-order valence-corrected chi connectivity index (χ4v) is 1.99. The largest absolute Gasteiger partial charge is 0.317 e. The van der Waals surface area contributed by atoms with Crippen LogP contribution in [0.2, 0.25) is 0 Å². The first-order valence-electron chi connectivity index (χ1n) is 2.74. The molecule has 1 aromatic heterocycles.